The fraction of sp³-hybridized carbons (Fsp3) is 0.909. The molecule has 86 valence electrons. The van der Waals surface area contributed by atoms with Crippen molar-refractivity contribution in [3.8, 4) is 0 Å². The normalized spacial score (nSPS) is 44.1. The summed E-state index contributed by atoms with van der Waals surface area (Å²) >= 11 is 6.12. The molecular formula is C11H17ClO3. The Kier molecular flexibility index (Phi) is 2.72. The molecule has 1 unspecified atom stereocenters. The minimum atomic E-state index is -1.18. The fourth-order valence-corrected chi connectivity index (χ4v) is 2.99. The Labute approximate surface area is 95.1 Å². The van der Waals surface area contributed by atoms with Gasteiger partial charge in [-0.2, -0.15) is 0 Å². The van der Waals surface area contributed by atoms with E-state index in [9.17, 15) is 4.79 Å². The topological polar surface area (TPSA) is 38.8 Å². The first-order valence-corrected chi connectivity index (χ1v) is 5.93. The smallest absolute Gasteiger partial charge is 0.357 e. The van der Waals surface area contributed by atoms with Crippen LogP contribution in [0.3, 0.4) is 0 Å². The zero-order chi connectivity index (χ0) is 11.1. The molecule has 2 rings (SSSR count). The summed E-state index contributed by atoms with van der Waals surface area (Å²) in [6.45, 7) is 2.20. The number of alkyl halides is 1. The molecule has 1 heterocycles. The molecule has 15 heavy (non-hydrogen) atoms. The highest BCUT2D eigenvalue weighted by molar-refractivity contribution is 6.36. The second kappa shape index (κ2) is 3.63. The highest BCUT2D eigenvalue weighted by Crippen LogP contribution is 2.60. The SMILES string of the molecule is CCC1CCC2(CC1)OC2(Cl)C(=O)OC. The summed E-state index contributed by atoms with van der Waals surface area (Å²) in [5.74, 6) is 0.317. The molecule has 3 nitrogen and oxygen atoms in total. The van der Waals surface area contributed by atoms with Crippen molar-refractivity contribution >= 4 is 17.6 Å². The second-order valence-corrected chi connectivity index (χ2v) is 5.07. The van der Waals surface area contributed by atoms with Gasteiger partial charge in [0.2, 0.25) is 0 Å². The van der Waals surface area contributed by atoms with Crippen molar-refractivity contribution in [3.05, 3.63) is 0 Å². The van der Waals surface area contributed by atoms with Gasteiger partial charge in [-0.05, 0) is 31.6 Å². The molecule has 0 N–H and O–H groups in total. The zero-order valence-corrected chi connectivity index (χ0v) is 9.97. The van der Waals surface area contributed by atoms with E-state index in [0.717, 1.165) is 31.6 Å². The van der Waals surface area contributed by atoms with Gasteiger partial charge < -0.3 is 9.47 Å². The Morgan fingerprint density at radius 3 is 2.60 bits per heavy atom. The van der Waals surface area contributed by atoms with Gasteiger partial charge in [-0.1, -0.05) is 24.9 Å². The third-order valence-electron chi connectivity index (χ3n) is 3.82. The molecule has 1 saturated heterocycles. The molecule has 1 atom stereocenters. The van der Waals surface area contributed by atoms with E-state index in [1.807, 2.05) is 0 Å². The Balaban J connectivity index is 1.99. The molecule has 0 aromatic carbocycles. The Hall–Kier alpha value is -0.280. The number of methoxy groups -OCH3 is 1. The summed E-state index contributed by atoms with van der Waals surface area (Å²) in [7, 11) is 1.35. The molecule has 1 aliphatic heterocycles. The maximum atomic E-state index is 11.4. The summed E-state index contributed by atoms with van der Waals surface area (Å²) in [6, 6.07) is 0. The van der Waals surface area contributed by atoms with Gasteiger partial charge in [0, 0.05) is 0 Å². The van der Waals surface area contributed by atoms with Crippen LogP contribution in [0.5, 0.6) is 0 Å². The van der Waals surface area contributed by atoms with E-state index in [1.54, 1.807) is 0 Å². The van der Waals surface area contributed by atoms with Crippen LogP contribution in [-0.2, 0) is 14.3 Å². The number of halogens is 1. The predicted octanol–water partition coefficient (Wildman–Crippen LogP) is 2.46. The van der Waals surface area contributed by atoms with Gasteiger partial charge in [-0.25, -0.2) is 4.79 Å². The van der Waals surface area contributed by atoms with E-state index in [1.165, 1.54) is 13.5 Å². The van der Waals surface area contributed by atoms with Gasteiger partial charge in [0.15, 0.2) is 0 Å². The van der Waals surface area contributed by atoms with Crippen LogP contribution in [0.1, 0.15) is 39.0 Å². The quantitative estimate of drug-likeness (QED) is 0.417. The van der Waals surface area contributed by atoms with Gasteiger partial charge in [0.1, 0.15) is 5.60 Å². The highest BCUT2D eigenvalue weighted by atomic mass is 35.5. The number of epoxide rings is 1. The number of carbonyl (C=O) groups excluding carboxylic acids is 1. The lowest BCUT2D eigenvalue weighted by Gasteiger charge is -2.26. The van der Waals surface area contributed by atoms with Gasteiger partial charge in [0.25, 0.3) is 5.06 Å². The lowest BCUT2D eigenvalue weighted by Crippen LogP contribution is -2.33. The summed E-state index contributed by atoms with van der Waals surface area (Å²) in [5, 5.41) is -1.18. The summed E-state index contributed by atoms with van der Waals surface area (Å²) in [5.41, 5.74) is -0.423. The molecule has 1 aliphatic carbocycles. The molecule has 2 fully saturated rings. The molecule has 0 amide bonds. The minimum absolute atomic E-state index is 0.423. The van der Waals surface area contributed by atoms with Crippen LogP contribution in [0.4, 0.5) is 0 Å². The molecule has 1 saturated carbocycles. The van der Waals surface area contributed by atoms with Crippen molar-refractivity contribution in [3.63, 3.8) is 0 Å². The number of hydrogen-bond acceptors (Lipinski definition) is 3. The average Bonchev–Trinajstić information content (AvgIpc) is 2.85. The maximum Gasteiger partial charge on any atom is 0.357 e. The van der Waals surface area contributed by atoms with Crippen molar-refractivity contribution in [1.29, 1.82) is 0 Å². The van der Waals surface area contributed by atoms with Gasteiger partial charge in [0.05, 0.1) is 7.11 Å². The standard InChI is InChI=1S/C11H17ClO3/c1-3-8-4-6-10(7-5-8)11(12,15-10)9(13)14-2/h8H,3-7H2,1-2H3. The second-order valence-electron chi connectivity index (χ2n) is 4.53. The van der Waals surface area contributed by atoms with Crippen molar-refractivity contribution in [1.82, 2.24) is 0 Å². The number of rotatable bonds is 2. The van der Waals surface area contributed by atoms with E-state index in [2.05, 4.69) is 11.7 Å². The first-order valence-electron chi connectivity index (χ1n) is 5.55. The molecule has 2 aliphatic rings. The van der Waals surface area contributed by atoms with E-state index in [-0.39, 0.29) is 0 Å². The van der Waals surface area contributed by atoms with E-state index in [4.69, 9.17) is 16.3 Å². The number of carbonyl (C=O) groups is 1. The van der Waals surface area contributed by atoms with Gasteiger partial charge in [-0.15, -0.1) is 0 Å². The van der Waals surface area contributed by atoms with Crippen molar-refractivity contribution < 1.29 is 14.3 Å². The highest BCUT2D eigenvalue weighted by Gasteiger charge is 2.75. The van der Waals surface area contributed by atoms with E-state index in [0.29, 0.717) is 0 Å². The van der Waals surface area contributed by atoms with Crippen LogP contribution in [-0.4, -0.2) is 23.7 Å². The lowest BCUT2D eigenvalue weighted by molar-refractivity contribution is -0.143. The monoisotopic (exact) mass is 232 g/mol. The van der Waals surface area contributed by atoms with Crippen LogP contribution < -0.4 is 0 Å². The first kappa shape index (κ1) is 11.2. The first-order chi connectivity index (χ1) is 7.08. The van der Waals surface area contributed by atoms with E-state index >= 15 is 0 Å². The van der Waals surface area contributed by atoms with Crippen molar-refractivity contribution in [2.45, 2.75) is 49.7 Å². The summed E-state index contributed by atoms with van der Waals surface area (Å²) in [4.78, 5) is 11.4. The number of ether oxygens (including phenoxy) is 2. The van der Waals surface area contributed by atoms with E-state index < -0.39 is 16.6 Å². The molecule has 0 bridgehead atoms. The minimum Gasteiger partial charge on any atom is -0.466 e. The molecule has 0 aromatic rings. The maximum absolute atomic E-state index is 11.4. The largest absolute Gasteiger partial charge is 0.466 e. The molecule has 0 radical (unpaired) electrons. The van der Waals surface area contributed by atoms with Crippen molar-refractivity contribution in [2.24, 2.45) is 5.92 Å². The molecule has 4 heteroatoms. The third kappa shape index (κ3) is 1.56. The average molecular weight is 233 g/mol. The van der Waals surface area contributed by atoms with Crippen molar-refractivity contribution in [2.75, 3.05) is 7.11 Å². The van der Waals surface area contributed by atoms with Gasteiger partial charge in [-0.3, -0.25) is 0 Å². The predicted molar refractivity (Wildman–Crippen MR) is 56.7 cm³/mol. The van der Waals surface area contributed by atoms with Crippen LogP contribution in [0, 0.1) is 5.92 Å². The zero-order valence-electron chi connectivity index (χ0n) is 9.22. The Morgan fingerprint density at radius 1 is 1.53 bits per heavy atom. The number of hydrogen-bond donors (Lipinski definition) is 0. The fourth-order valence-electron chi connectivity index (χ4n) is 2.58. The summed E-state index contributed by atoms with van der Waals surface area (Å²) in [6.07, 6.45) is 5.15. The molecular weight excluding hydrogens is 216 g/mol. The third-order valence-corrected chi connectivity index (χ3v) is 4.39. The summed E-state index contributed by atoms with van der Waals surface area (Å²) < 4.78 is 10.1. The van der Waals surface area contributed by atoms with Crippen LogP contribution in [0.15, 0.2) is 0 Å². The van der Waals surface area contributed by atoms with Crippen LogP contribution >= 0.6 is 11.6 Å². The lowest BCUT2D eigenvalue weighted by atomic mass is 9.79. The molecule has 1 spiro atoms. The Morgan fingerprint density at radius 2 is 2.13 bits per heavy atom. The van der Waals surface area contributed by atoms with Crippen LogP contribution in [0.2, 0.25) is 0 Å². The molecule has 0 aromatic heterocycles. The van der Waals surface area contributed by atoms with Crippen LogP contribution in [0.25, 0.3) is 0 Å². The Bertz CT molecular complexity index is 271. The number of esters is 1. The van der Waals surface area contributed by atoms with Gasteiger partial charge >= 0.3 is 5.97 Å².